The Morgan fingerprint density at radius 1 is 1.41 bits per heavy atom. The van der Waals surface area contributed by atoms with Crippen LogP contribution in [0.4, 0.5) is 5.95 Å². The summed E-state index contributed by atoms with van der Waals surface area (Å²) in [7, 11) is 0. The van der Waals surface area contributed by atoms with E-state index in [2.05, 4.69) is 20.6 Å². The van der Waals surface area contributed by atoms with Gasteiger partial charge < -0.3 is 10.3 Å². The highest BCUT2D eigenvalue weighted by Crippen LogP contribution is 2.14. The maximum absolute atomic E-state index is 11.9. The Bertz CT molecular complexity index is 509. The number of hydrogen-bond donors (Lipinski definition) is 3. The predicted octanol–water partition coefficient (Wildman–Crippen LogP) is 1.25. The maximum Gasteiger partial charge on any atom is 0.243 e. The van der Waals surface area contributed by atoms with E-state index in [1.54, 1.807) is 0 Å². The largest absolute Gasteiger partial charge is 0.324 e. The summed E-state index contributed by atoms with van der Waals surface area (Å²) in [5.41, 5.74) is 1.80. The molecule has 0 bridgehead atoms. The van der Waals surface area contributed by atoms with Crippen molar-refractivity contribution in [3.05, 3.63) is 24.3 Å². The van der Waals surface area contributed by atoms with E-state index >= 15 is 0 Å². The second-order valence-corrected chi connectivity index (χ2v) is 4.24. The molecule has 3 rings (SSSR count). The fraction of sp³-hybridized carbons (Fsp3) is 0.333. The summed E-state index contributed by atoms with van der Waals surface area (Å²) >= 11 is 0. The summed E-state index contributed by atoms with van der Waals surface area (Å²) < 4.78 is 0. The zero-order valence-corrected chi connectivity index (χ0v) is 9.36. The highest BCUT2D eigenvalue weighted by molar-refractivity contribution is 5.94. The number of rotatable bonds is 2. The topological polar surface area (TPSA) is 69.8 Å². The molecule has 17 heavy (non-hydrogen) atoms. The van der Waals surface area contributed by atoms with Gasteiger partial charge in [-0.05, 0) is 31.5 Å². The Hall–Kier alpha value is -1.88. The Labute approximate surface area is 98.6 Å². The van der Waals surface area contributed by atoms with E-state index in [-0.39, 0.29) is 11.9 Å². The highest BCUT2D eigenvalue weighted by Gasteiger charge is 2.22. The standard InChI is InChI=1S/C12H14N4O/c17-11(10-6-3-7-13-10)16-12-14-8-4-1-2-5-9(8)15-12/h1-2,4-5,10,13H,3,6-7H2,(H2,14,15,16,17). The molecule has 1 saturated heterocycles. The molecule has 3 N–H and O–H groups in total. The molecule has 1 atom stereocenters. The summed E-state index contributed by atoms with van der Waals surface area (Å²) in [5, 5.41) is 5.96. The van der Waals surface area contributed by atoms with E-state index < -0.39 is 0 Å². The van der Waals surface area contributed by atoms with Crippen molar-refractivity contribution >= 4 is 22.9 Å². The first-order valence-corrected chi connectivity index (χ1v) is 5.82. The van der Waals surface area contributed by atoms with E-state index in [1.807, 2.05) is 24.3 Å². The van der Waals surface area contributed by atoms with Gasteiger partial charge in [0.05, 0.1) is 17.1 Å². The average Bonchev–Trinajstić information content (AvgIpc) is 2.97. The molecule has 2 heterocycles. The van der Waals surface area contributed by atoms with E-state index in [9.17, 15) is 4.79 Å². The molecule has 5 heteroatoms. The van der Waals surface area contributed by atoms with Crippen LogP contribution in [0.1, 0.15) is 12.8 Å². The second kappa shape index (κ2) is 4.18. The van der Waals surface area contributed by atoms with Gasteiger partial charge in [0.15, 0.2) is 0 Å². The first-order chi connectivity index (χ1) is 8.33. The molecule has 1 fully saturated rings. The Morgan fingerprint density at radius 2 is 2.29 bits per heavy atom. The Kier molecular flexibility index (Phi) is 2.53. The number of aromatic nitrogens is 2. The molecular weight excluding hydrogens is 216 g/mol. The van der Waals surface area contributed by atoms with Crippen molar-refractivity contribution in [3.8, 4) is 0 Å². The molecule has 1 unspecified atom stereocenters. The van der Waals surface area contributed by atoms with Crippen molar-refractivity contribution in [3.63, 3.8) is 0 Å². The zero-order valence-electron chi connectivity index (χ0n) is 9.36. The zero-order chi connectivity index (χ0) is 11.7. The number of aromatic amines is 1. The smallest absolute Gasteiger partial charge is 0.243 e. The Morgan fingerprint density at radius 3 is 3.06 bits per heavy atom. The van der Waals surface area contributed by atoms with Crippen molar-refractivity contribution < 1.29 is 4.79 Å². The number of H-pyrrole nitrogens is 1. The number of anilines is 1. The van der Waals surface area contributed by atoms with E-state index in [1.165, 1.54) is 0 Å². The van der Waals surface area contributed by atoms with Crippen LogP contribution in [0.25, 0.3) is 11.0 Å². The second-order valence-electron chi connectivity index (χ2n) is 4.24. The van der Waals surface area contributed by atoms with E-state index in [0.29, 0.717) is 5.95 Å². The van der Waals surface area contributed by atoms with Crippen molar-refractivity contribution in [1.29, 1.82) is 0 Å². The number of fused-ring (bicyclic) bond motifs is 1. The molecule has 88 valence electrons. The number of hydrogen-bond acceptors (Lipinski definition) is 3. The predicted molar refractivity (Wildman–Crippen MR) is 65.7 cm³/mol. The van der Waals surface area contributed by atoms with Gasteiger partial charge in [0, 0.05) is 0 Å². The van der Waals surface area contributed by atoms with Crippen LogP contribution in [0.5, 0.6) is 0 Å². The van der Waals surface area contributed by atoms with Gasteiger partial charge in [-0.2, -0.15) is 0 Å². The lowest BCUT2D eigenvalue weighted by atomic mass is 10.2. The number of amides is 1. The number of imidazole rings is 1. The van der Waals surface area contributed by atoms with Crippen molar-refractivity contribution in [1.82, 2.24) is 15.3 Å². The molecule has 2 aromatic rings. The molecule has 1 amide bonds. The number of para-hydroxylation sites is 2. The number of benzene rings is 1. The lowest BCUT2D eigenvalue weighted by molar-refractivity contribution is -0.117. The van der Waals surface area contributed by atoms with Gasteiger partial charge in [-0.1, -0.05) is 12.1 Å². The van der Waals surface area contributed by atoms with Gasteiger partial charge in [0.25, 0.3) is 0 Å². The van der Waals surface area contributed by atoms with Gasteiger partial charge in [0.2, 0.25) is 11.9 Å². The van der Waals surface area contributed by atoms with Crippen LogP contribution >= 0.6 is 0 Å². The summed E-state index contributed by atoms with van der Waals surface area (Å²) in [6, 6.07) is 7.63. The van der Waals surface area contributed by atoms with E-state index in [4.69, 9.17) is 0 Å². The summed E-state index contributed by atoms with van der Waals surface area (Å²) in [5.74, 6) is 0.506. The van der Waals surface area contributed by atoms with Gasteiger partial charge in [-0.15, -0.1) is 0 Å². The fourth-order valence-electron chi connectivity index (χ4n) is 2.12. The molecule has 0 saturated carbocycles. The van der Waals surface area contributed by atoms with E-state index in [0.717, 1.165) is 30.4 Å². The molecule has 1 aromatic heterocycles. The van der Waals surface area contributed by atoms with Gasteiger partial charge >= 0.3 is 0 Å². The normalized spacial score (nSPS) is 19.6. The minimum atomic E-state index is -0.0804. The third-order valence-electron chi connectivity index (χ3n) is 3.01. The first-order valence-electron chi connectivity index (χ1n) is 5.82. The molecule has 1 aliphatic rings. The number of carbonyl (C=O) groups is 1. The van der Waals surface area contributed by atoms with Gasteiger partial charge in [-0.3, -0.25) is 10.1 Å². The van der Waals surface area contributed by atoms with Crippen LogP contribution in [0, 0.1) is 0 Å². The summed E-state index contributed by atoms with van der Waals surface area (Å²) in [4.78, 5) is 19.2. The van der Waals surface area contributed by atoms with Gasteiger partial charge in [0.1, 0.15) is 0 Å². The number of nitrogens with one attached hydrogen (secondary N) is 3. The quantitative estimate of drug-likeness (QED) is 0.727. The van der Waals surface area contributed by atoms with Crippen LogP contribution in [0.2, 0.25) is 0 Å². The summed E-state index contributed by atoms with van der Waals surface area (Å²) in [6.07, 6.45) is 1.95. The van der Waals surface area contributed by atoms with Crippen molar-refractivity contribution in [2.45, 2.75) is 18.9 Å². The minimum absolute atomic E-state index is 0.0124. The monoisotopic (exact) mass is 230 g/mol. The van der Waals surface area contributed by atoms with Crippen LogP contribution < -0.4 is 10.6 Å². The molecule has 1 aliphatic heterocycles. The van der Waals surface area contributed by atoms with Crippen LogP contribution in [-0.4, -0.2) is 28.5 Å². The number of nitrogens with zero attached hydrogens (tertiary/aromatic N) is 1. The van der Waals surface area contributed by atoms with Gasteiger partial charge in [-0.25, -0.2) is 4.98 Å². The number of carbonyl (C=O) groups excluding carboxylic acids is 1. The molecule has 0 spiro atoms. The highest BCUT2D eigenvalue weighted by atomic mass is 16.2. The van der Waals surface area contributed by atoms with Crippen molar-refractivity contribution in [2.24, 2.45) is 0 Å². The molecule has 5 nitrogen and oxygen atoms in total. The fourth-order valence-corrected chi connectivity index (χ4v) is 2.12. The maximum atomic E-state index is 11.9. The lowest BCUT2D eigenvalue weighted by Gasteiger charge is -2.08. The molecular formula is C12H14N4O. The Balaban J connectivity index is 1.77. The molecule has 0 aliphatic carbocycles. The molecule has 0 radical (unpaired) electrons. The minimum Gasteiger partial charge on any atom is -0.324 e. The molecule has 1 aromatic carbocycles. The first kappa shape index (κ1) is 10.3. The lowest BCUT2D eigenvalue weighted by Crippen LogP contribution is -2.35. The third kappa shape index (κ3) is 2.01. The third-order valence-corrected chi connectivity index (χ3v) is 3.01. The van der Waals surface area contributed by atoms with Crippen LogP contribution in [-0.2, 0) is 4.79 Å². The summed E-state index contributed by atoms with van der Waals surface area (Å²) in [6.45, 7) is 0.915. The average molecular weight is 230 g/mol. The van der Waals surface area contributed by atoms with Crippen LogP contribution in [0.3, 0.4) is 0 Å². The van der Waals surface area contributed by atoms with Crippen LogP contribution in [0.15, 0.2) is 24.3 Å². The SMILES string of the molecule is O=C(Nc1nc2ccccc2[nH]1)C1CCCN1. The van der Waals surface area contributed by atoms with Crippen molar-refractivity contribution in [2.75, 3.05) is 11.9 Å².